The van der Waals surface area contributed by atoms with Gasteiger partial charge < -0.3 is 0 Å². The molecule has 11 aromatic rings. The Morgan fingerprint density at radius 3 is 1.23 bits per heavy atom. The summed E-state index contributed by atoms with van der Waals surface area (Å²) in [5.41, 5.74) is 12.6. The Bertz CT molecular complexity index is 3240. The average Bonchev–Trinajstić information content (AvgIpc) is 3.34. The van der Waals surface area contributed by atoms with Gasteiger partial charge in [-0.3, -0.25) is 0 Å². The Hall–Kier alpha value is -8.08. The van der Waals surface area contributed by atoms with Crippen LogP contribution in [0, 0.1) is 0 Å². The highest BCUT2D eigenvalue weighted by molar-refractivity contribution is 6.18. The van der Waals surface area contributed by atoms with Crippen LogP contribution in [-0.4, -0.2) is 19.9 Å². The molecule has 0 fully saturated rings. The maximum Gasteiger partial charge on any atom is 0.164 e. The number of aromatic nitrogens is 4. The van der Waals surface area contributed by atoms with Crippen LogP contribution in [0.4, 0.5) is 0 Å². The molecule has 0 saturated carbocycles. The molecule has 9 aromatic carbocycles. The minimum Gasteiger partial charge on any atom is -0.246 e. The van der Waals surface area contributed by atoms with E-state index in [4.69, 9.17) is 19.9 Å². The number of hydrogen-bond donors (Lipinski definition) is 0. The lowest BCUT2D eigenvalue weighted by atomic mass is 9.95. The maximum absolute atomic E-state index is 5.40. The van der Waals surface area contributed by atoms with Gasteiger partial charge in [-0.2, -0.15) is 0 Å². The van der Waals surface area contributed by atoms with Gasteiger partial charge in [-0.25, -0.2) is 19.9 Å². The minimum absolute atomic E-state index is 0.612. The smallest absolute Gasteiger partial charge is 0.164 e. The fraction of sp³-hybridized carbons (Fsp3) is 0. The molecular formula is C56H36N4. The summed E-state index contributed by atoms with van der Waals surface area (Å²) in [4.78, 5) is 20.7. The summed E-state index contributed by atoms with van der Waals surface area (Å²) in [5.74, 6) is 1.85. The largest absolute Gasteiger partial charge is 0.246 e. The van der Waals surface area contributed by atoms with Crippen LogP contribution in [0.15, 0.2) is 218 Å². The average molecular weight is 765 g/mol. The van der Waals surface area contributed by atoms with Gasteiger partial charge in [0.25, 0.3) is 0 Å². The van der Waals surface area contributed by atoms with Gasteiger partial charge >= 0.3 is 0 Å². The molecule has 0 atom stereocenters. The SMILES string of the molecule is c1ccc(-c2ccc(-c3nc(-c4ccc(-c5ccccc5)cc4)nc(-c4cccc(-c5cccc(-c6nc7c8ccccc8ccc7c7ccccc67)c5)c4)n3)cc2)cc1. The summed E-state index contributed by atoms with van der Waals surface area (Å²) < 4.78 is 0. The number of rotatable bonds is 7. The van der Waals surface area contributed by atoms with E-state index < -0.39 is 0 Å². The van der Waals surface area contributed by atoms with E-state index in [0.717, 1.165) is 71.9 Å². The molecule has 0 aliphatic rings. The predicted molar refractivity (Wildman–Crippen MR) is 248 cm³/mol. The molecule has 0 spiro atoms. The molecule has 0 radical (unpaired) electrons. The lowest BCUT2D eigenvalue weighted by Gasteiger charge is -2.13. The molecule has 60 heavy (non-hydrogen) atoms. The van der Waals surface area contributed by atoms with Crippen molar-refractivity contribution in [1.29, 1.82) is 0 Å². The van der Waals surface area contributed by atoms with E-state index >= 15 is 0 Å². The van der Waals surface area contributed by atoms with E-state index in [1.54, 1.807) is 0 Å². The molecule has 0 amide bonds. The molecule has 11 rings (SSSR count). The number of hydrogen-bond acceptors (Lipinski definition) is 4. The third-order valence-corrected chi connectivity index (χ3v) is 11.3. The normalized spacial score (nSPS) is 11.3. The van der Waals surface area contributed by atoms with Gasteiger partial charge in [0.1, 0.15) is 0 Å². The molecule has 0 bridgehead atoms. The van der Waals surface area contributed by atoms with Crippen LogP contribution in [0.3, 0.4) is 0 Å². The van der Waals surface area contributed by atoms with Crippen molar-refractivity contribution in [2.75, 3.05) is 0 Å². The summed E-state index contributed by atoms with van der Waals surface area (Å²) in [6, 6.07) is 76.4. The van der Waals surface area contributed by atoms with Crippen molar-refractivity contribution < 1.29 is 0 Å². The fourth-order valence-corrected chi connectivity index (χ4v) is 8.24. The van der Waals surface area contributed by atoms with Crippen molar-refractivity contribution in [1.82, 2.24) is 19.9 Å². The Morgan fingerprint density at radius 2 is 0.633 bits per heavy atom. The molecule has 2 aromatic heterocycles. The molecule has 0 N–H and O–H groups in total. The van der Waals surface area contributed by atoms with Gasteiger partial charge in [0, 0.05) is 38.4 Å². The number of pyridine rings is 1. The topological polar surface area (TPSA) is 51.6 Å². The first-order chi connectivity index (χ1) is 29.7. The molecule has 0 saturated heterocycles. The van der Waals surface area contributed by atoms with Crippen molar-refractivity contribution in [3.63, 3.8) is 0 Å². The summed E-state index contributed by atoms with van der Waals surface area (Å²) in [6.07, 6.45) is 0. The summed E-state index contributed by atoms with van der Waals surface area (Å²) >= 11 is 0. The third-order valence-electron chi connectivity index (χ3n) is 11.3. The standard InChI is InChI=1S/C56H36N4/c1-3-13-37(14-4-1)39-25-29-42(30-26-39)54-58-55(43-31-27-40(28-32-43)38-15-5-2-6-16-38)60-56(59-54)47-21-12-19-45(36-47)44-18-11-20-46(35-44)52-50-24-10-9-23-49(50)51-34-33-41-17-7-8-22-48(41)53(51)57-52/h1-36H. The number of fused-ring (bicyclic) bond motifs is 5. The Labute approximate surface area is 348 Å². The molecule has 4 nitrogen and oxygen atoms in total. The van der Waals surface area contributed by atoms with Crippen molar-refractivity contribution in [3.05, 3.63) is 218 Å². The second-order valence-corrected chi connectivity index (χ2v) is 15.0. The molecular weight excluding hydrogens is 729 g/mol. The Kier molecular flexibility index (Phi) is 8.79. The van der Waals surface area contributed by atoms with Crippen molar-refractivity contribution >= 4 is 32.4 Å². The Balaban J connectivity index is 1.01. The van der Waals surface area contributed by atoms with Crippen molar-refractivity contribution in [3.8, 4) is 78.8 Å². The van der Waals surface area contributed by atoms with E-state index in [9.17, 15) is 0 Å². The molecule has 0 unspecified atom stereocenters. The summed E-state index contributed by atoms with van der Waals surface area (Å²) in [5, 5.41) is 5.82. The quantitative estimate of drug-likeness (QED) is 0.152. The minimum atomic E-state index is 0.612. The molecule has 0 aliphatic carbocycles. The van der Waals surface area contributed by atoms with Gasteiger partial charge in [-0.15, -0.1) is 0 Å². The monoisotopic (exact) mass is 764 g/mol. The van der Waals surface area contributed by atoms with Crippen LogP contribution in [0.2, 0.25) is 0 Å². The van der Waals surface area contributed by atoms with E-state index in [2.05, 4.69) is 206 Å². The highest BCUT2D eigenvalue weighted by Gasteiger charge is 2.16. The first-order valence-corrected chi connectivity index (χ1v) is 20.2. The van der Waals surface area contributed by atoms with Crippen LogP contribution in [-0.2, 0) is 0 Å². The van der Waals surface area contributed by atoms with Crippen LogP contribution in [0.5, 0.6) is 0 Å². The van der Waals surface area contributed by atoms with Gasteiger partial charge in [-0.05, 0) is 56.3 Å². The predicted octanol–water partition coefficient (Wildman–Crippen LogP) is 14.4. The highest BCUT2D eigenvalue weighted by Crippen LogP contribution is 2.37. The van der Waals surface area contributed by atoms with Crippen LogP contribution in [0.25, 0.3) is 111 Å². The van der Waals surface area contributed by atoms with Crippen LogP contribution in [0.1, 0.15) is 0 Å². The molecule has 0 aliphatic heterocycles. The lowest BCUT2D eigenvalue weighted by Crippen LogP contribution is -2.00. The van der Waals surface area contributed by atoms with Crippen molar-refractivity contribution in [2.24, 2.45) is 0 Å². The summed E-state index contributed by atoms with van der Waals surface area (Å²) in [7, 11) is 0. The maximum atomic E-state index is 5.40. The molecule has 2 heterocycles. The zero-order valence-corrected chi connectivity index (χ0v) is 32.6. The van der Waals surface area contributed by atoms with E-state index in [-0.39, 0.29) is 0 Å². The van der Waals surface area contributed by atoms with Gasteiger partial charge in [0.05, 0.1) is 11.2 Å². The fourth-order valence-electron chi connectivity index (χ4n) is 8.24. The second-order valence-electron chi connectivity index (χ2n) is 15.0. The highest BCUT2D eigenvalue weighted by atomic mass is 15.0. The lowest BCUT2D eigenvalue weighted by molar-refractivity contribution is 1.07. The first-order valence-electron chi connectivity index (χ1n) is 20.2. The summed E-state index contributed by atoms with van der Waals surface area (Å²) in [6.45, 7) is 0. The second kappa shape index (κ2) is 15.0. The third kappa shape index (κ3) is 6.56. The zero-order valence-electron chi connectivity index (χ0n) is 32.6. The molecule has 4 heteroatoms. The number of benzene rings is 9. The van der Waals surface area contributed by atoms with E-state index in [1.807, 2.05) is 12.1 Å². The van der Waals surface area contributed by atoms with Gasteiger partial charge in [0.2, 0.25) is 0 Å². The van der Waals surface area contributed by atoms with Crippen LogP contribution < -0.4 is 0 Å². The number of nitrogens with zero attached hydrogens (tertiary/aromatic N) is 4. The zero-order chi connectivity index (χ0) is 39.8. The van der Waals surface area contributed by atoms with E-state index in [1.165, 1.54) is 21.9 Å². The molecule has 280 valence electrons. The van der Waals surface area contributed by atoms with Gasteiger partial charge in [-0.1, -0.05) is 206 Å². The van der Waals surface area contributed by atoms with Crippen molar-refractivity contribution in [2.45, 2.75) is 0 Å². The van der Waals surface area contributed by atoms with Crippen LogP contribution >= 0.6 is 0 Å². The van der Waals surface area contributed by atoms with Gasteiger partial charge in [0.15, 0.2) is 17.5 Å². The Morgan fingerprint density at radius 1 is 0.217 bits per heavy atom. The van der Waals surface area contributed by atoms with E-state index in [0.29, 0.717) is 17.5 Å². The first kappa shape index (κ1) is 35.1.